The van der Waals surface area contributed by atoms with Crippen molar-refractivity contribution in [3.05, 3.63) is 30.1 Å². The first-order valence-electron chi connectivity index (χ1n) is 8.01. The lowest BCUT2D eigenvalue weighted by molar-refractivity contribution is -0.180. The van der Waals surface area contributed by atoms with Crippen LogP contribution >= 0.6 is 0 Å². The first-order chi connectivity index (χ1) is 12.3. The van der Waals surface area contributed by atoms with Gasteiger partial charge in [0.15, 0.2) is 23.4 Å². The highest BCUT2D eigenvalue weighted by Gasteiger charge is 2.70. The summed E-state index contributed by atoms with van der Waals surface area (Å²) in [5.41, 5.74) is -6.16. The van der Waals surface area contributed by atoms with Crippen LogP contribution in [-0.2, 0) is 20.5 Å². The number of benzene rings is 1. The molecule has 0 spiro atoms. The molecule has 0 saturated carbocycles. The van der Waals surface area contributed by atoms with E-state index in [1.807, 2.05) is 0 Å². The summed E-state index contributed by atoms with van der Waals surface area (Å²) >= 11 is 0. The Kier molecular flexibility index (Phi) is 4.21. The number of aromatic nitrogens is 2. The Labute approximate surface area is 151 Å². The third-order valence-corrected chi connectivity index (χ3v) is 5.09. The summed E-state index contributed by atoms with van der Waals surface area (Å²) < 4.78 is 45.7. The quantitative estimate of drug-likeness (QED) is 0.831. The van der Waals surface area contributed by atoms with Gasteiger partial charge in [-0.2, -0.15) is 13.2 Å². The van der Waals surface area contributed by atoms with E-state index in [1.54, 1.807) is 0 Å². The molecule has 7 nitrogen and oxygen atoms in total. The molecule has 10 heteroatoms. The van der Waals surface area contributed by atoms with Crippen LogP contribution in [0, 0.1) is 0 Å². The fourth-order valence-electron chi connectivity index (χ4n) is 3.54. The van der Waals surface area contributed by atoms with Crippen LogP contribution in [0.25, 0.3) is 11.0 Å². The van der Waals surface area contributed by atoms with E-state index >= 15 is 0 Å². The molecule has 1 fully saturated rings. The summed E-state index contributed by atoms with van der Waals surface area (Å²) in [4.78, 5) is 28.2. The van der Waals surface area contributed by atoms with Crippen LogP contribution in [0.15, 0.2) is 24.5 Å². The number of carbonyl (C=O) groups excluding carboxylic acids is 2. The molecular weight excluding hydrogens is 369 g/mol. The fraction of sp³-hybridized carbons (Fsp3) is 0.471. The van der Waals surface area contributed by atoms with Crippen LogP contribution in [0.4, 0.5) is 13.2 Å². The number of nitrogens with zero attached hydrogens (tertiary/aromatic N) is 2. The van der Waals surface area contributed by atoms with E-state index in [9.17, 15) is 33.0 Å². The van der Waals surface area contributed by atoms with Gasteiger partial charge in [0, 0.05) is 0 Å². The highest BCUT2D eigenvalue weighted by Crippen LogP contribution is 2.47. The van der Waals surface area contributed by atoms with Crippen molar-refractivity contribution in [1.82, 2.24) is 9.55 Å². The number of hydrogen-bond donors (Lipinski definition) is 2. The van der Waals surface area contributed by atoms with Gasteiger partial charge in [-0.25, -0.2) is 4.98 Å². The van der Waals surface area contributed by atoms with Crippen LogP contribution in [0.3, 0.4) is 0 Å². The van der Waals surface area contributed by atoms with E-state index in [-0.39, 0.29) is 11.0 Å². The first kappa shape index (κ1) is 19.5. The van der Waals surface area contributed by atoms with Gasteiger partial charge in [-0.15, -0.1) is 0 Å². The monoisotopic (exact) mass is 386 g/mol. The van der Waals surface area contributed by atoms with Crippen molar-refractivity contribution in [2.24, 2.45) is 0 Å². The van der Waals surface area contributed by atoms with Crippen molar-refractivity contribution in [3.63, 3.8) is 0 Å². The third-order valence-electron chi connectivity index (χ3n) is 5.09. The molecule has 27 heavy (non-hydrogen) atoms. The van der Waals surface area contributed by atoms with Gasteiger partial charge in [0.1, 0.15) is 0 Å². The van der Waals surface area contributed by atoms with Crippen LogP contribution < -0.4 is 0 Å². The highest BCUT2D eigenvalue weighted by molar-refractivity contribution is 5.99. The second-order valence-electron chi connectivity index (χ2n) is 6.63. The van der Waals surface area contributed by atoms with E-state index in [0.29, 0.717) is 0 Å². The molecule has 1 aliphatic heterocycles. The summed E-state index contributed by atoms with van der Waals surface area (Å²) in [5.74, 6) is -1.88. The van der Waals surface area contributed by atoms with Crippen molar-refractivity contribution >= 4 is 22.6 Å². The van der Waals surface area contributed by atoms with Crippen LogP contribution in [0.1, 0.15) is 32.6 Å². The number of ketones is 2. The van der Waals surface area contributed by atoms with E-state index < -0.39 is 46.8 Å². The molecule has 2 N–H and O–H groups in total. The molecule has 2 heterocycles. The van der Waals surface area contributed by atoms with Crippen molar-refractivity contribution in [2.75, 3.05) is 0 Å². The molecule has 1 aromatic heterocycles. The summed E-state index contributed by atoms with van der Waals surface area (Å²) in [7, 11) is 0. The van der Waals surface area contributed by atoms with E-state index in [2.05, 4.69) is 4.98 Å². The maximum atomic E-state index is 13.1. The Morgan fingerprint density at radius 3 is 2.30 bits per heavy atom. The normalized spacial score (nSPS) is 31.4. The molecule has 0 radical (unpaired) electrons. The molecule has 3 rings (SSSR count). The second-order valence-corrected chi connectivity index (χ2v) is 6.63. The Bertz CT molecular complexity index is 940. The predicted octanol–water partition coefficient (Wildman–Crippen LogP) is 1.61. The number of carbonyl (C=O) groups is 2. The van der Waals surface area contributed by atoms with Gasteiger partial charge in [-0.3, -0.25) is 9.59 Å². The average Bonchev–Trinajstić information content (AvgIpc) is 3.07. The van der Waals surface area contributed by atoms with Crippen LogP contribution in [-0.4, -0.2) is 48.6 Å². The zero-order chi connectivity index (χ0) is 20.4. The fourth-order valence-corrected chi connectivity index (χ4v) is 3.54. The Hall–Kier alpha value is -2.30. The largest absolute Gasteiger partial charge is 0.416 e. The van der Waals surface area contributed by atoms with Gasteiger partial charge in [0.25, 0.3) is 0 Å². The smallest absolute Gasteiger partial charge is 0.376 e. The lowest BCUT2D eigenvalue weighted by Gasteiger charge is -2.36. The Morgan fingerprint density at radius 1 is 1.19 bits per heavy atom. The number of rotatable bonds is 3. The number of halogens is 3. The van der Waals surface area contributed by atoms with E-state index in [1.165, 1.54) is 6.92 Å². The zero-order valence-electron chi connectivity index (χ0n) is 14.6. The van der Waals surface area contributed by atoms with Crippen LogP contribution in [0.5, 0.6) is 0 Å². The third kappa shape index (κ3) is 2.51. The molecule has 1 saturated heterocycles. The van der Waals surface area contributed by atoms with Gasteiger partial charge >= 0.3 is 6.18 Å². The molecule has 4 atom stereocenters. The lowest BCUT2D eigenvalue weighted by Crippen LogP contribution is -2.65. The minimum Gasteiger partial charge on any atom is -0.376 e. The van der Waals surface area contributed by atoms with E-state index in [0.717, 1.165) is 42.9 Å². The summed E-state index contributed by atoms with van der Waals surface area (Å²) in [5, 5.41) is 21.8. The number of imidazole rings is 1. The first-order valence-corrected chi connectivity index (χ1v) is 8.01. The Morgan fingerprint density at radius 2 is 1.78 bits per heavy atom. The van der Waals surface area contributed by atoms with E-state index in [4.69, 9.17) is 4.74 Å². The van der Waals surface area contributed by atoms with Crippen molar-refractivity contribution in [2.45, 2.75) is 50.5 Å². The maximum absolute atomic E-state index is 13.1. The molecule has 146 valence electrons. The highest BCUT2D eigenvalue weighted by atomic mass is 19.4. The summed E-state index contributed by atoms with van der Waals surface area (Å²) in [6.45, 7) is 3.24. The molecule has 0 aliphatic carbocycles. The predicted molar refractivity (Wildman–Crippen MR) is 85.6 cm³/mol. The number of hydrogen-bond acceptors (Lipinski definition) is 6. The molecule has 1 aliphatic rings. The molecule has 2 aromatic rings. The lowest BCUT2D eigenvalue weighted by atomic mass is 9.75. The maximum Gasteiger partial charge on any atom is 0.416 e. The van der Waals surface area contributed by atoms with Gasteiger partial charge in [-0.1, -0.05) is 0 Å². The second kappa shape index (κ2) is 5.85. The number of alkyl halides is 3. The molecular formula is C17H17F3N2O5. The molecule has 0 bridgehead atoms. The average molecular weight is 386 g/mol. The van der Waals surface area contributed by atoms with Gasteiger partial charge in [0.2, 0.25) is 5.60 Å². The zero-order valence-corrected chi connectivity index (χ0v) is 14.6. The minimum absolute atomic E-state index is 0.0745. The SMILES string of the molecule is CC(=O)[C@@]1(O)[C@@H](C)O[C@@H](n2cnc3ccc(C(F)(F)F)cc32)[C@@]1(O)C(C)=O. The van der Waals surface area contributed by atoms with Gasteiger partial charge in [0.05, 0.1) is 29.0 Å². The van der Waals surface area contributed by atoms with Crippen molar-refractivity contribution in [3.8, 4) is 0 Å². The molecule has 0 amide bonds. The summed E-state index contributed by atoms with van der Waals surface area (Å²) in [6.07, 6.45) is -6.48. The number of aliphatic hydroxyl groups is 2. The number of Topliss-reactive ketones (excluding diaryl/α,β-unsaturated/α-hetero) is 2. The topological polar surface area (TPSA) is 102 Å². The van der Waals surface area contributed by atoms with Gasteiger partial charge in [-0.05, 0) is 39.0 Å². The summed E-state index contributed by atoms with van der Waals surface area (Å²) in [6, 6.07) is 2.78. The Balaban J connectivity index is 2.24. The number of ether oxygens (including phenoxy) is 1. The van der Waals surface area contributed by atoms with Crippen molar-refractivity contribution < 1.29 is 37.7 Å². The van der Waals surface area contributed by atoms with Crippen molar-refractivity contribution in [1.29, 1.82) is 0 Å². The standard InChI is InChI=1S/C17H17F3N2O5/c1-8(23)15(25)10(3)27-14(16(15,26)9(2)24)22-7-21-12-5-4-11(6-13(12)22)17(18,19)20/h4-7,10,14,25-26H,1-3H3/t10-,14-,15-,16+/m1/s1. The number of fused-ring (bicyclic) bond motifs is 1. The van der Waals surface area contributed by atoms with Gasteiger partial charge < -0.3 is 19.5 Å². The molecule has 1 aromatic carbocycles. The minimum atomic E-state index is -4.62. The molecule has 0 unspecified atom stereocenters. The van der Waals surface area contributed by atoms with Crippen LogP contribution in [0.2, 0.25) is 0 Å².